The van der Waals surface area contributed by atoms with Crippen LogP contribution in [0.4, 0.5) is 4.79 Å². The van der Waals surface area contributed by atoms with Crippen LogP contribution < -0.4 is 5.32 Å². The molecule has 0 spiro atoms. The predicted molar refractivity (Wildman–Crippen MR) is 46.5 cm³/mol. The van der Waals surface area contributed by atoms with Crippen molar-refractivity contribution in [1.29, 1.82) is 0 Å². The number of nitrogens with one attached hydrogen (secondary N) is 1. The molecule has 1 aromatic rings. The van der Waals surface area contributed by atoms with Gasteiger partial charge in [-0.05, 0) is 18.1 Å². The highest BCUT2D eigenvalue weighted by Crippen LogP contribution is 2.40. The van der Waals surface area contributed by atoms with Gasteiger partial charge in [0.1, 0.15) is 0 Å². The highest BCUT2D eigenvalue weighted by atomic mass is 16.4. The minimum absolute atomic E-state index is 0.0849. The highest BCUT2D eigenvalue weighted by Gasteiger charge is 2.39. The fourth-order valence-corrected chi connectivity index (χ4v) is 1.48. The second kappa shape index (κ2) is 3.05. The third-order valence-corrected chi connectivity index (χ3v) is 2.21. The van der Waals surface area contributed by atoms with Crippen LogP contribution in [0.15, 0.2) is 24.5 Å². The first-order chi connectivity index (χ1) is 6.27. The normalized spacial score (nSPS) is 25.2. The van der Waals surface area contributed by atoms with Crippen molar-refractivity contribution in [1.82, 2.24) is 10.3 Å². The van der Waals surface area contributed by atoms with Crippen molar-refractivity contribution in [2.75, 3.05) is 0 Å². The minimum atomic E-state index is -0.948. The van der Waals surface area contributed by atoms with Crippen molar-refractivity contribution < 1.29 is 9.90 Å². The van der Waals surface area contributed by atoms with Crippen LogP contribution in [0.25, 0.3) is 0 Å². The van der Waals surface area contributed by atoms with Gasteiger partial charge >= 0.3 is 6.09 Å². The summed E-state index contributed by atoms with van der Waals surface area (Å²) in [5, 5.41) is 10.9. The lowest BCUT2D eigenvalue weighted by Gasteiger charge is -1.98. The fraction of sp³-hybridized carbons (Fsp3) is 0.333. The summed E-state index contributed by atoms with van der Waals surface area (Å²) in [7, 11) is 0. The standard InChI is InChI=1S/C9H10N2O2/c12-9(13)11-8-4-7(8)6-2-1-3-10-5-6/h1-3,5,7-8,11H,4H2,(H,12,13). The Labute approximate surface area is 75.6 Å². The van der Waals surface area contributed by atoms with E-state index in [0.717, 1.165) is 12.0 Å². The fourth-order valence-electron chi connectivity index (χ4n) is 1.48. The first-order valence-corrected chi connectivity index (χ1v) is 4.17. The SMILES string of the molecule is O=C(O)NC1CC1c1cccnc1. The second-order valence-electron chi connectivity index (χ2n) is 3.18. The molecule has 0 bridgehead atoms. The van der Waals surface area contributed by atoms with Gasteiger partial charge in [0, 0.05) is 24.4 Å². The second-order valence-corrected chi connectivity index (χ2v) is 3.18. The Balaban J connectivity index is 1.97. The Kier molecular flexibility index (Phi) is 1.88. The highest BCUT2D eigenvalue weighted by molar-refractivity contribution is 5.65. The van der Waals surface area contributed by atoms with Gasteiger partial charge in [-0.25, -0.2) is 4.79 Å². The number of carbonyl (C=O) groups is 1. The van der Waals surface area contributed by atoms with Crippen LogP contribution in [0, 0.1) is 0 Å². The van der Waals surface area contributed by atoms with E-state index in [0.29, 0.717) is 5.92 Å². The molecule has 0 radical (unpaired) electrons. The quantitative estimate of drug-likeness (QED) is 0.715. The summed E-state index contributed by atoms with van der Waals surface area (Å²) >= 11 is 0. The number of nitrogens with zero attached hydrogens (tertiary/aromatic N) is 1. The molecule has 1 aliphatic carbocycles. The summed E-state index contributed by atoms with van der Waals surface area (Å²) in [6.07, 6.45) is 3.44. The molecule has 4 heteroatoms. The molecule has 2 atom stereocenters. The Morgan fingerprint density at radius 1 is 1.69 bits per heavy atom. The lowest BCUT2D eigenvalue weighted by Crippen LogP contribution is -2.24. The van der Waals surface area contributed by atoms with E-state index in [9.17, 15) is 4.79 Å². The lowest BCUT2D eigenvalue weighted by atomic mass is 10.2. The summed E-state index contributed by atoms with van der Waals surface area (Å²) in [5.41, 5.74) is 1.11. The molecule has 2 N–H and O–H groups in total. The molecule has 0 saturated heterocycles. The molecule has 68 valence electrons. The molecule has 0 aromatic carbocycles. The summed E-state index contributed by atoms with van der Waals surface area (Å²) in [5.74, 6) is 0.324. The summed E-state index contributed by atoms with van der Waals surface area (Å²) in [6, 6.07) is 3.92. The maximum absolute atomic E-state index is 10.3. The zero-order valence-corrected chi connectivity index (χ0v) is 6.97. The lowest BCUT2D eigenvalue weighted by molar-refractivity contribution is 0.193. The Morgan fingerprint density at radius 3 is 3.15 bits per heavy atom. The first-order valence-electron chi connectivity index (χ1n) is 4.17. The van der Waals surface area contributed by atoms with Gasteiger partial charge in [-0.3, -0.25) is 4.98 Å². The van der Waals surface area contributed by atoms with E-state index in [-0.39, 0.29) is 6.04 Å². The molecule has 4 nitrogen and oxygen atoms in total. The zero-order chi connectivity index (χ0) is 9.26. The van der Waals surface area contributed by atoms with Crippen molar-refractivity contribution in [3.8, 4) is 0 Å². The van der Waals surface area contributed by atoms with E-state index in [4.69, 9.17) is 5.11 Å². The average Bonchev–Trinajstić information content (AvgIpc) is 2.84. The van der Waals surface area contributed by atoms with Crippen LogP contribution in [-0.2, 0) is 0 Å². The van der Waals surface area contributed by atoms with Crippen molar-refractivity contribution in [3.05, 3.63) is 30.1 Å². The third kappa shape index (κ3) is 1.77. The number of rotatable bonds is 2. The van der Waals surface area contributed by atoms with E-state index < -0.39 is 6.09 Å². The average molecular weight is 178 g/mol. The number of hydrogen-bond donors (Lipinski definition) is 2. The first kappa shape index (κ1) is 8.04. The maximum Gasteiger partial charge on any atom is 0.404 e. The number of amides is 1. The molecule has 0 aliphatic heterocycles. The van der Waals surface area contributed by atoms with Crippen LogP contribution in [0.2, 0.25) is 0 Å². The van der Waals surface area contributed by atoms with Gasteiger partial charge in [-0.2, -0.15) is 0 Å². The maximum atomic E-state index is 10.3. The minimum Gasteiger partial charge on any atom is -0.465 e. The van der Waals surface area contributed by atoms with Gasteiger partial charge in [0.2, 0.25) is 0 Å². The summed E-state index contributed by atoms with van der Waals surface area (Å²) in [6.45, 7) is 0. The van der Waals surface area contributed by atoms with Gasteiger partial charge in [0.25, 0.3) is 0 Å². The summed E-state index contributed by atoms with van der Waals surface area (Å²) < 4.78 is 0. The molecule has 1 aliphatic rings. The Morgan fingerprint density at radius 2 is 2.54 bits per heavy atom. The smallest absolute Gasteiger partial charge is 0.404 e. The van der Waals surface area contributed by atoms with Crippen LogP contribution >= 0.6 is 0 Å². The topological polar surface area (TPSA) is 62.2 Å². The number of pyridine rings is 1. The van der Waals surface area contributed by atoms with Gasteiger partial charge in [0.05, 0.1) is 0 Å². The molecule has 1 fully saturated rings. The van der Waals surface area contributed by atoms with Crippen molar-refractivity contribution in [3.63, 3.8) is 0 Å². The zero-order valence-electron chi connectivity index (χ0n) is 6.97. The van der Waals surface area contributed by atoms with Gasteiger partial charge in [-0.15, -0.1) is 0 Å². The van der Waals surface area contributed by atoms with Crippen LogP contribution in [-0.4, -0.2) is 22.2 Å². The molecular weight excluding hydrogens is 168 g/mol. The molecule has 1 heterocycles. The van der Waals surface area contributed by atoms with E-state index in [1.165, 1.54) is 0 Å². The van der Waals surface area contributed by atoms with Gasteiger partial charge in [0.15, 0.2) is 0 Å². The van der Waals surface area contributed by atoms with Crippen LogP contribution in [0.5, 0.6) is 0 Å². The van der Waals surface area contributed by atoms with Gasteiger partial charge < -0.3 is 10.4 Å². The van der Waals surface area contributed by atoms with Crippen molar-refractivity contribution in [2.24, 2.45) is 0 Å². The molecule has 1 amide bonds. The molecule has 2 unspecified atom stereocenters. The molecular formula is C9H10N2O2. The molecule has 2 rings (SSSR count). The van der Waals surface area contributed by atoms with E-state index in [2.05, 4.69) is 10.3 Å². The number of hydrogen-bond acceptors (Lipinski definition) is 2. The predicted octanol–water partition coefficient (Wildman–Crippen LogP) is 1.21. The summed E-state index contributed by atoms with van der Waals surface area (Å²) in [4.78, 5) is 14.3. The molecule has 13 heavy (non-hydrogen) atoms. The van der Waals surface area contributed by atoms with E-state index >= 15 is 0 Å². The third-order valence-electron chi connectivity index (χ3n) is 2.21. The molecule has 1 saturated carbocycles. The Bertz CT molecular complexity index is 313. The van der Waals surface area contributed by atoms with Crippen LogP contribution in [0.1, 0.15) is 17.9 Å². The van der Waals surface area contributed by atoms with Crippen LogP contribution in [0.3, 0.4) is 0 Å². The van der Waals surface area contributed by atoms with E-state index in [1.54, 1.807) is 12.4 Å². The Hall–Kier alpha value is -1.58. The molecule has 1 aromatic heterocycles. The van der Waals surface area contributed by atoms with Gasteiger partial charge in [-0.1, -0.05) is 6.07 Å². The number of carboxylic acid groups (broad SMARTS) is 1. The van der Waals surface area contributed by atoms with Crippen molar-refractivity contribution >= 4 is 6.09 Å². The van der Waals surface area contributed by atoms with Crippen molar-refractivity contribution in [2.45, 2.75) is 18.4 Å². The largest absolute Gasteiger partial charge is 0.465 e. The monoisotopic (exact) mass is 178 g/mol. The number of aromatic nitrogens is 1. The van der Waals surface area contributed by atoms with E-state index in [1.807, 2.05) is 12.1 Å².